The topological polar surface area (TPSA) is 60.1 Å². The summed E-state index contributed by atoms with van der Waals surface area (Å²) >= 11 is 0. The molecule has 1 saturated heterocycles. The summed E-state index contributed by atoms with van der Waals surface area (Å²) in [7, 11) is 1.80. The van der Waals surface area contributed by atoms with Gasteiger partial charge in [0.1, 0.15) is 0 Å². The minimum absolute atomic E-state index is 0.00207. The van der Waals surface area contributed by atoms with Crippen LogP contribution in [-0.4, -0.2) is 37.5 Å². The quantitative estimate of drug-likeness (QED) is 0.741. The van der Waals surface area contributed by atoms with Crippen LogP contribution in [0.3, 0.4) is 0 Å². The van der Waals surface area contributed by atoms with Crippen LogP contribution in [0.4, 0.5) is 0 Å². The molecule has 3 aliphatic rings. The van der Waals surface area contributed by atoms with Crippen molar-refractivity contribution in [3.8, 4) is 0 Å². The molecule has 6 heteroatoms. The predicted octanol–water partition coefficient (Wildman–Crippen LogP) is 4.22. The van der Waals surface area contributed by atoms with Crippen LogP contribution >= 0.6 is 0 Å². The Morgan fingerprint density at radius 3 is 2.39 bits per heavy atom. The number of aromatic nitrogens is 3. The summed E-state index contributed by atoms with van der Waals surface area (Å²) in [6.45, 7) is 14.2. The molecule has 1 fully saturated rings. The number of fused-ring (bicyclic) bond motifs is 3. The van der Waals surface area contributed by atoms with Crippen molar-refractivity contribution >= 4 is 22.6 Å². The Kier molecular flexibility index (Phi) is 5.18. The number of nitrogens with zero attached hydrogens (tertiary/aromatic N) is 4. The molecule has 2 bridgehead atoms. The molecule has 0 spiro atoms. The Labute approximate surface area is 184 Å². The molecule has 2 aliphatic heterocycles. The van der Waals surface area contributed by atoms with Crippen LogP contribution in [0.1, 0.15) is 66.5 Å². The van der Waals surface area contributed by atoms with Crippen molar-refractivity contribution in [2.24, 2.45) is 23.8 Å². The minimum Gasteiger partial charge on any atom is -0.336 e. The van der Waals surface area contributed by atoms with Crippen molar-refractivity contribution < 1.29 is 4.79 Å². The molecule has 31 heavy (non-hydrogen) atoms. The summed E-state index contributed by atoms with van der Waals surface area (Å²) < 4.78 is 3.49. The van der Waals surface area contributed by atoms with Crippen molar-refractivity contribution in [3.05, 3.63) is 34.4 Å². The van der Waals surface area contributed by atoms with Crippen LogP contribution in [0.2, 0.25) is 0 Å². The average Bonchev–Trinajstić information content (AvgIpc) is 2.90. The highest BCUT2D eigenvalue weighted by Gasteiger charge is 2.38. The fourth-order valence-electron chi connectivity index (χ4n) is 4.96. The maximum atomic E-state index is 12.9. The molecule has 4 heterocycles. The predicted molar refractivity (Wildman–Crippen MR) is 125 cm³/mol. The minimum atomic E-state index is -0.0207. The first kappa shape index (κ1) is 21.8. The summed E-state index contributed by atoms with van der Waals surface area (Å²) in [6, 6.07) is 4.24. The number of rotatable bonds is 3. The third-order valence-corrected chi connectivity index (χ3v) is 6.35. The zero-order chi connectivity index (χ0) is 22.7. The molecule has 2 unspecified atom stereocenters. The van der Waals surface area contributed by atoms with Crippen LogP contribution in [0.15, 0.2) is 23.0 Å². The highest BCUT2D eigenvalue weighted by molar-refractivity contribution is 5.81. The van der Waals surface area contributed by atoms with Crippen molar-refractivity contribution in [1.82, 2.24) is 19.0 Å². The SMILES string of the molecule is Cn1c(=O)n(CC(C)(C)C)c2ccc(C3=CC4CCC3CN4C(=O)CC(C)(C)C)nc21. The molecule has 2 aromatic heterocycles. The normalized spacial score (nSPS) is 21.6. The summed E-state index contributed by atoms with van der Waals surface area (Å²) in [5.41, 5.74) is 3.77. The van der Waals surface area contributed by atoms with Crippen LogP contribution in [-0.2, 0) is 18.4 Å². The van der Waals surface area contributed by atoms with E-state index in [1.807, 2.05) is 10.6 Å². The molecule has 0 aromatic carbocycles. The maximum absolute atomic E-state index is 12.9. The summed E-state index contributed by atoms with van der Waals surface area (Å²) in [4.78, 5) is 32.7. The van der Waals surface area contributed by atoms with E-state index in [1.54, 1.807) is 11.6 Å². The smallest absolute Gasteiger partial charge is 0.330 e. The number of carbonyl (C=O) groups is 1. The van der Waals surface area contributed by atoms with Gasteiger partial charge in [0, 0.05) is 32.5 Å². The van der Waals surface area contributed by atoms with E-state index in [4.69, 9.17) is 4.98 Å². The van der Waals surface area contributed by atoms with Gasteiger partial charge in [0.05, 0.1) is 17.3 Å². The first-order valence-electron chi connectivity index (χ1n) is 11.4. The Balaban J connectivity index is 1.67. The van der Waals surface area contributed by atoms with E-state index in [9.17, 15) is 9.59 Å². The van der Waals surface area contributed by atoms with Gasteiger partial charge >= 0.3 is 5.69 Å². The highest BCUT2D eigenvalue weighted by atomic mass is 16.2. The zero-order valence-corrected chi connectivity index (χ0v) is 20.0. The van der Waals surface area contributed by atoms with Gasteiger partial charge in [0.15, 0.2) is 5.65 Å². The van der Waals surface area contributed by atoms with E-state index in [1.165, 1.54) is 5.57 Å². The fraction of sp³-hybridized carbons (Fsp3) is 0.640. The van der Waals surface area contributed by atoms with Crippen molar-refractivity contribution in [1.29, 1.82) is 0 Å². The number of amides is 1. The lowest BCUT2D eigenvalue weighted by atomic mass is 9.77. The standard InChI is InChI=1S/C25H36N4O2/c1-24(2,3)13-21(30)28-14-16-8-9-17(28)12-18(16)19-10-11-20-22(26-19)27(7)23(31)29(20)15-25(4,5)6/h10-12,16-17H,8-9,13-15H2,1-7H3. The van der Waals surface area contributed by atoms with Gasteiger partial charge in [-0.1, -0.05) is 47.6 Å². The molecule has 0 saturated carbocycles. The largest absolute Gasteiger partial charge is 0.336 e. The molecule has 5 rings (SSSR count). The molecule has 1 aliphatic carbocycles. The summed E-state index contributed by atoms with van der Waals surface area (Å²) in [5.74, 6) is 0.565. The number of pyridine rings is 1. The maximum Gasteiger partial charge on any atom is 0.330 e. The Morgan fingerprint density at radius 2 is 1.81 bits per heavy atom. The third-order valence-electron chi connectivity index (χ3n) is 6.35. The fourth-order valence-corrected chi connectivity index (χ4v) is 4.96. The van der Waals surface area contributed by atoms with E-state index in [2.05, 4.69) is 58.6 Å². The number of piperidine rings is 1. The Hall–Kier alpha value is -2.37. The lowest BCUT2D eigenvalue weighted by Crippen LogP contribution is -2.50. The van der Waals surface area contributed by atoms with Gasteiger partial charge in [0.2, 0.25) is 5.91 Å². The van der Waals surface area contributed by atoms with Gasteiger partial charge in [-0.3, -0.25) is 13.9 Å². The summed E-state index contributed by atoms with van der Waals surface area (Å²) in [5, 5.41) is 0. The van der Waals surface area contributed by atoms with E-state index in [0.717, 1.165) is 36.2 Å². The van der Waals surface area contributed by atoms with Crippen LogP contribution in [0.25, 0.3) is 16.7 Å². The van der Waals surface area contributed by atoms with Gasteiger partial charge in [-0.05, 0) is 41.4 Å². The van der Waals surface area contributed by atoms with Crippen molar-refractivity contribution in [3.63, 3.8) is 0 Å². The molecule has 168 valence electrons. The number of hydrogen-bond acceptors (Lipinski definition) is 3. The van der Waals surface area contributed by atoms with Gasteiger partial charge < -0.3 is 4.90 Å². The lowest BCUT2D eigenvalue weighted by Gasteiger charge is -2.45. The second-order valence-electron chi connectivity index (χ2n) is 11.8. The van der Waals surface area contributed by atoms with Crippen molar-refractivity contribution in [2.45, 2.75) is 73.4 Å². The van der Waals surface area contributed by atoms with E-state index < -0.39 is 0 Å². The van der Waals surface area contributed by atoms with Gasteiger partial charge in [-0.2, -0.15) is 0 Å². The van der Waals surface area contributed by atoms with Gasteiger partial charge in [-0.15, -0.1) is 0 Å². The van der Waals surface area contributed by atoms with Crippen molar-refractivity contribution in [2.75, 3.05) is 6.54 Å². The molecule has 0 radical (unpaired) electrons. The number of imidazole rings is 1. The number of hydrogen-bond donors (Lipinski definition) is 0. The molecule has 2 atom stereocenters. The zero-order valence-electron chi connectivity index (χ0n) is 20.0. The van der Waals surface area contributed by atoms with E-state index >= 15 is 0 Å². The molecule has 0 N–H and O–H groups in total. The molecule has 2 aromatic rings. The Morgan fingerprint density at radius 1 is 1.10 bits per heavy atom. The number of carbonyl (C=O) groups excluding carboxylic acids is 1. The van der Waals surface area contributed by atoms with Gasteiger partial charge in [-0.25, -0.2) is 9.78 Å². The molecule has 1 amide bonds. The third kappa shape index (κ3) is 4.21. The molecule has 6 nitrogen and oxygen atoms in total. The van der Waals surface area contributed by atoms with E-state index in [-0.39, 0.29) is 28.5 Å². The van der Waals surface area contributed by atoms with Crippen LogP contribution in [0.5, 0.6) is 0 Å². The second-order valence-corrected chi connectivity index (χ2v) is 11.8. The molecular weight excluding hydrogens is 388 g/mol. The monoisotopic (exact) mass is 424 g/mol. The second kappa shape index (κ2) is 7.35. The summed E-state index contributed by atoms with van der Waals surface area (Å²) in [6.07, 6.45) is 4.93. The van der Waals surface area contributed by atoms with Gasteiger partial charge in [0.25, 0.3) is 0 Å². The average molecular weight is 425 g/mol. The Bertz CT molecular complexity index is 1110. The van der Waals surface area contributed by atoms with Crippen LogP contribution in [0, 0.1) is 16.7 Å². The highest BCUT2D eigenvalue weighted by Crippen LogP contribution is 2.40. The van der Waals surface area contributed by atoms with E-state index in [0.29, 0.717) is 18.9 Å². The van der Waals surface area contributed by atoms with Crippen LogP contribution < -0.4 is 5.69 Å². The first-order chi connectivity index (χ1) is 14.3. The number of aryl methyl sites for hydroxylation is 1. The first-order valence-corrected chi connectivity index (χ1v) is 11.4. The lowest BCUT2D eigenvalue weighted by molar-refractivity contribution is -0.136. The molecular formula is C25H36N4O2.